The zero-order chi connectivity index (χ0) is 19.0. The molecular weight excluding hydrogens is 346 g/mol. The van der Waals surface area contributed by atoms with E-state index < -0.39 is 11.9 Å². The molecule has 1 aromatic heterocycles. The van der Waals surface area contributed by atoms with Gasteiger partial charge in [-0.25, -0.2) is 4.79 Å². The van der Waals surface area contributed by atoms with Crippen LogP contribution < -0.4 is 15.8 Å². The van der Waals surface area contributed by atoms with Gasteiger partial charge in [-0.2, -0.15) is 0 Å². The molecule has 0 saturated heterocycles. The van der Waals surface area contributed by atoms with Crippen LogP contribution in [0.5, 0.6) is 5.75 Å². The van der Waals surface area contributed by atoms with E-state index in [2.05, 4.69) is 5.32 Å². The molecule has 1 unspecified atom stereocenters. The summed E-state index contributed by atoms with van der Waals surface area (Å²) in [6.45, 7) is 1.22. The zero-order valence-corrected chi connectivity index (χ0v) is 15.3. The Labute approximate surface area is 156 Å². The van der Waals surface area contributed by atoms with Gasteiger partial charge < -0.3 is 19.4 Å². The van der Waals surface area contributed by atoms with Crippen LogP contribution in [0.1, 0.15) is 5.56 Å². The average molecular weight is 367 g/mol. The Morgan fingerprint density at radius 3 is 2.85 bits per heavy atom. The first kappa shape index (κ1) is 17.4. The summed E-state index contributed by atoms with van der Waals surface area (Å²) in [7, 11) is 3.89. The fraction of sp³-hybridized carbons (Fsp3) is 0.300. The standard InChI is InChI=1S/C20H21N3O4/c1-22(2)9-10-23-15-12-14(7-8-17(15)27-20(23)25)21-19(24)18-11-13-5-3-4-6-16(13)26-18/h3-8,12,18H,9-11H2,1-2H3,(H,21,24). The highest BCUT2D eigenvalue weighted by Gasteiger charge is 2.28. The van der Waals surface area contributed by atoms with Crippen LogP contribution in [0, 0.1) is 0 Å². The van der Waals surface area contributed by atoms with E-state index in [9.17, 15) is 9.59 Å². The van der Waals surface area contributed by atoms with Gasteiger partial charge in [0.2, 0.25) is 0 Å². The minimum atomic E-state index is -0.557. The monoisotopic (exact) mass is 367 g/mol. The van der Waals surface area contributed by atoms with Gasteiger partial charge in [-0.05, 0) is 43.9 Å². The average Bonchev–Trinajstić information content (AvgIpc) is 3.20. The lowest BCUT2D eigenvalue weighted by molar-refractivity contribution is -0.122. The van der Waals surface area contributed by atoms with Crippen LogP contribution >= 0.6 is 0 Å². The Hall–Kier alpha value is -3.06. The van der Waals surface area contributed by atoms with Crippen LogP contribution in [-0.2, 0) is 17.8 Å². The Kier molecular flexibility index (Phi) is 4.45. The molecule has 2 aromatic carbocycles. The van der Waals surface area contributed by atoms with Crippen molar-refractivity contribution < 1.29 is 13.9 Å². The van der Waals surface area contributed by atoms with E-state index in [0.717, 1.165) is 11.3 Å². The summed E-state index contributed by atoms with van der Waals surface area (Å²) >= 11 is 0. The SMILES string of the molecule is CN(C)CCn1c(=O)oc2ccc(NC(=O)C3Cc4ccccc4O3)cc21. The fourth-order valence-electron chi connectivity index (χ4n) is 3.20. The second-order valence-corrected chi connectivity index (χ2v) is 6.91. The predicted octanol–water partition coefficient (Wildman–Crippen LogP) is 2.10. The first-order valence-electron chi connectivity index (χ1n) is 8.85. The fourth-order valence-corrected chi connectivity index (χ4v) is 3.20. The molecule has 7 heteroatoms. The number of nitrogens with one attached hydrogen (secondary N) is 1. The number of likely N-dealkylation sites (N-methyl/N-ethyl adjacent to an activating group) is 1. The molecule has 0 saturated carbocycles. The minimum Gasteiger partial charge on any atom is -0.480 e. The number of hydrogen-bond donors (Lipinski definition) is 1. The maximum absolute atomic E-state index is 12.6. The summed E-state index contributed by atoms with van der Waals surface area (Å²) in [4.78, 5) is 26.7. The molecular formula is C20H21N3O4. The molecule has 1 amide bonds. The van der Waals surface area contributed by atoms with Crippen LogP contribution in [0.2, 0.25) is 0 Å². The number of oxazole rings is 1. The molecule has 0 fully saturated rings. The topological polar surface area (TPSA) is 76.7 Å². The van der Waals surface area contributed by atoms with Crippen molar-refractivity contribution in [3.05, 3.63) is 58.6 Å². The number of nitrogens with zero attached hydrogens (tertiary/aromatic N) is 2. The van der Waals surface area contributed by atoms with Gasteiger partial charge in [-0.3, -0.25) is 9.36 Å². The van der Waals surface area contributed by atoms with E-state index >= 15 is 0 Å². The molecule has 7 nitrogen and oxygen atoms in total. The smallest absolute Gasteiger partial charge is 0.419 e. The highest BCUT2D eigenvalue weighted by Crippen LogP contribution is 2.29. The molecule has 1 aliphatic rings. The molecule has 0 spiro atoms. The van der Waals surface area contributed by atoms with Crippen LogP contribution in [0.4, 0.5) is 5.69 Å². The van der Waals surface area contributed by atoms with Crippen LogP contribution in [-0.4, -0.2) is 42.1 Å². The molecule has 0 aliphatic carbocycles. The molecule has 3 aromatic rings. The first-order valence-corrected chi connectivity index (χ1v) is 8.85. The highest BCUT2D eigenvalue weighted by molar-refractivity contribution is 5.96. The van der Waals surface area contributed by atoms with Crippen molar-refractivity contribution in [3.63, 3.8) is 0 Å². The number of carbonyl (C=O) groups is 1. The van der Waals surface area contributed by atoms with Gasteiger partial charge in [0.25, 0.3) is 5.91 Å². The highest BCUT2D eigenvalue weighted by atomic mass is 16.5. The normalized spacial score (nSPS) is 15.7. The van der Waals surface area contributed by atoms with Crippen molar-refractivity contribution >= 4 is 22.7 Å². The van der Waals surface area contributed by atoms with Crippen LogP contribution in [0.25, 0.3) is 11.1 Å². The number of ether oxygens (including phenoxy) is 1. The lowest BCUT2D eigenvalue weighted by Gasteiger charge is -2.12. The van der Waals surface area contributed by atoms with Gasteiger partial charge in [-0.1, -0.05) is 18.2 Å². The number of carbonyl (C=O) groups excluding carboxylic acids is 1. The Balaban J connectivity index is 1.53. The summed E-state index contributed by atoms with van der Waals surface area (Å²) in [5.74, 6) is 0.140. The van der Waals surface area contributed by atoms with E-state index in [0.29, 0.717) is 36.3 Å². The maximum atomic E-state index is 12.6. The Bertz CT molecular complexity index is 1030. The van der Waals surface area contributed by atoms with Crippen molar-refractivity contribution in [1.82, 2.24) is 9.47 Å². The van der Waals surface area contributed by atoms with Crippen molar-refractivity contribution in [2.24, 2.45) is 0 Å². The molecule has 2 heterocycles. The third kappa shape index (κ3) is 3.46. The van der Waals surface area contributed by atoms with E-state index in [1.165, 1.54) is 0 Å². The number of aromatic nitrogens is 1. The number of para-hydroxylation sites is 1. The van der Waals surface area contributed by atoms with Gasteiger partial charge in [-0.15, -0.1) is 0 Å². The van der Waals surface area contributed by atoms with Crippen molar-refractivity contribution in [2.75, 3.05) is 26.0 Å². The van der Waals surface area contributed by atoms with E-state index in [-0.39, 0.29) is 5.91 Å². The van der Waals surface area contributed by atoms with Crippen molar-refractivity contribution in [3.8, 4) is 5.75 Å². The van der Waals surface area contributed by atoms with E-state index in [4.69, 9.17) is 9.15 Å². The van der Waals surface area contributed by atoms with Crippen molar-refractivity contribution in [1.29, 1.82) is 0 Å². The second kappa shape index (κ2) is 6.92. The second-order valence-electron chi connectivity index (χ2n) is 6.91. The summed E-state index contributed by atoms with van der Waals surface area (Å²) < 4.78 is 12.6. The zero-order valence-electron chi connectivity index (χ0n) is 15.3. The summed E-state index contributed by atoms with van der Waals surface area (Å²) in [5.41, 5.74) is 2.79. The Morgan fingerprint density at radius 2 is 2.07 bits per heavy atom. The van der Waals surface area contributed by atoms with Crippen LogP contribution in [0.3, 0.4) is 0 Å². The third-order valence-electron chi connectivity index (χ3n) is 4.65. The number of amides is 1. The van der Waals surface area contributed by atoms with Gasteiger partial charge in [0.1, 0.15) is 5.75 Å². The van der Waals surface area contributed by atoms with E-state index in [1.807, 2.05) is 43.3 Å². The van der Waals surface area contributed by atoms with Gasteiger partial charge in [0.05, 0.1) is 5.52 Å². The molecule has 27 heavy (non-hydrogen) atoms. The molecule has 1 atom stereocenters. The molecule has 0 bridgehead atoms. The van der Waals surface area contributed by atoms with Crippen LogP contribution in [0.15, 0.2) is 51.7 Å². The number of hydrogen-bond acceptors (Lipinski definition) is 5. The van der Waals surface area contributed by atoms with Gasteiger partial charge >= 0.3 is 5.76 Å². The predicted molar refractivity (Wildman–Crippen MR) is 102 cm³/mol. The molecule has 1 N–H and O–H groups in total. The van der Waals surface area contributed by atoms with Gasteiger partial charge in [0, 0.05) is 25.2 Å². The number of rotatable bonds is 5. The summed E-state index contributed by atoms with van der Waals surface area (Å²) in [6, 6.07) is 12.8. The lowest BCUT2D eigenvalue weighted by Crippen LogP contribution is -2.31. The third-order valence-corrected chi connectivity index (χ3v) is 4.65. The van der Waals surface area contributed by atoms with Crippen molar-refractivity contribution in [2.45, 2.75) is 19.1 Å². The quantitative estimate of drug-likeness (QED) is 0.747. The molecule has 4 rings (SSSR count). The maximum Gasteiger partial charge on any atom is 0.419 e. The van der Waals surface area contributed by atoms with Gasteiger partial charge in [0.15, 0.2) is 11.7 Å². The molecule has 140 valence electrons. The summed E-state index contributed by atoms with van der Waals surface area (Å²) in [6.07, 6.45) is -0.0119. The van der Waals surface area contributed by atoms with E-state index in [1.54, 1.807) is 22.8 Å². The molecule has 0 radical (unpaired) electrons. The summed E-state index contributed by atoms with van der Waals surface area (Å²) in [5, 5.41) is 2.88. The number of fused-ring (bicyclic) bond motifs is 2. The largest absolute Gasteiger partial charge is 0.480 e. The Morgan fingerprint density at radius 1 is 1.26 bits per heavy atom. The first-order chi connectivity index (χ1) is 13.0. The lowest BCUT2D eigenvalue weighted by atomic mass is 10.1. The number of benzene rings is 2. The molecule has 1 aliphatic heterocycles. The number of anilines is 1. The minimum absolute atomic E-state index is 0.212.